The molecular formula is C102H62N6O4. The second-order valence-corrected chi connectivity index (χ2v) is 27.9. The van der Waals surface area contributed by atoms with Crippen molar-refractivity contribution in [3.63, 3.8) is 0 Å². The number of furan rings is 4. The van der Waals surface area contributed by atoms with E-state index in [-0.39, 0.29) is 0 Å². The summed E-state index contributed by atoms with van der Waals surface area (Å²) in [4.78, 5) is 30.7. The summed E-state index contributed by atoms with van der Waals surface area (Å²) >= 11 is 0. The molecule has 0 fully saturated rings. The van der Waals surface area contributed by atoms with Crippen LogP contribution >= 0.6 is 0 Å². The molecule has 0 radical (unpaired) electrons. The summed E-state index contributed by atoms with van der Waals surface area (Å²) in [5.41, 5.74) is 25.5. The highest BCUT2D eigenvalue weighted by atomic mass is 16.3. The van der Waals surface area contributed by atoms with Gasteiger partial charge in [0.05, 0.1) is 0 Å². The summed E-state index contributed by atoms with van der Waals surface area (Å²) in [7, 11) is 0. The van der Waals surface area contributed by atoms with Gasteiger partial charge in [-0.15, -0.1) is 0 Å². The van der Waals surface area contributed by atoms with Crippen molar-refractivity contribution >= 4 is 87.8 Å². The fourth-order valence-corrected chi connectivity index (χ4v) is 15.7. The largest absolute Gasteiger partial charge is 0.456 e. The van der Waals surface area contributed by atoms with Gasteiger partial charge in [-0.1, -0.05) is 322 Å². The third-order valence-electron chi connectivity index (χ3n) is 21.2. The highest BCUT2D eigenvalue weighted by molar-refractivity contribution is 6.17. The fourth-order valence-electron chi connectivity index (χ4n) is 15.7. The van der Waals surface area contributed by atoms with Crippen molar-refractivity contribution in [1.82, 2.24) is 29.9 Å². The molecule has 0 amide bonds. The van der Waals surface area contributed by atoms with E-state index >= 15 is 0 Å². The van der Waals surface area contributed by atoms with Gasteiger partial charge in [-0.05, 0) is 110 Å². The second-order valence-electron chi connectivity index (χ2n) is 27.9. The fraction of sp³-hybridized carbons (Fsp3) is 0. The van der Waals surface area contributed by atoms with Crippen LogP contribution in [-0.4, -0.2) is 29.9 Å². The molecular weight excluding hydrogens is 1370 g/mol. The van der Waals surface area contributed by atoms with E-state index in [9.17, 15) is 0 Å². The molecule has 6 heterocycles. The lowest BCUT2D eigenvalue weighted by molar-refractivity contribution is 0.668. The van der Waals surface area contributed by atoms with Crippen molar-refractivity contribution in [3.8, 4) is 135 Å². The number of hydrogen-bond acceptors (Lipinski definition) is 10. The van der Waals surface area contributed by atoms with Crippen LogP contribution in [0, 0.1) is 0 Å². The maximum Gasteiger partial charge on any atom is 0.164 e. The van der Waals surface area contributed by atoms with Crippen LogP contribution in [0.5, 0.6) is 0 Å². The smallest absolute Gasteiger partial charge is 0.164 e. The van der Waals surface area contributed by atoms with E-state index in [1.54, 1.807) is 0 Å². The maximum atomic E-state index is 6.72. The van der Waals surface area contributed by atoms with Gasteiger partial charge in [0.2, 0.25) is 0 Å². The zero-order valence-corrected chi connectivity index (χ0v) is 60.1. The van der Waals surface area contributed by atoms with Gasteiger partial charge in [-0.2, -0.15) is 0 Å². The Morgan fingerprint density at radius 1 is 0.143 bits per heavy atom. The molecule has 10 heteroatoms. The van der Waals surface area contributed by atoms with E-state index in [4.69, 9.17) is 47.6 Å². The summed E-state index contributed by atoms with van der Waals surface area (Å²) in [6.45, 7) is 0. The molecule has 0 saturated carbocycles. The van der Waals surface area contributed by atoms with Gasteiger partial charge in [0.15, 0.2) is 34.9 Å². The first-order chi connectivity index (χ1) is 55.5. The Morgan fingerprint density at radius 3 is 0.902 bits per heavy atom. The number of benzene rings is 16. The second kappa shape index (κ2) is 27.5. The number of rotatable bonds is 12. The van der Waals surface area contributed by atoms with Crippen LogP contribution in [0.3, 0.4) is 0 Å². The molecule has 524 valence electrons. The first-order valence-electron chi connectivity index (χ1n) is 37.4. The summed E-state index contributed by atoms with van der Waals surface area (Å²) in [6.07, 6.45) is 0. The molecule has 0 bridgehead atoms. The summed E-state index contributed by atoms with van der Waals surface area (Å²) in [5.74, 6) is 3.50. The van der Waals surface area contributed by atoms with Gasteiger partial charge in [0.25, 0.3) is 0 Å². The van der Waals surface area contributed by atoms with Gasteiger partial charge in [0.1, 0.15) is 44.7 Å². The standard InChI is InChI=1S/2C51H31N3O2/c1-3-13-32(14-4-1)36-17-9-18-37(31-36)33-27-29-34(30-28-33)38-20-10-21-40-47-42(23-12-26-45(47)56-48(38)40)51-53-49(35-15-5-2-6-16-35)52-50(54-51)41-22-11-25-44-46(41)39-19-7-8-24-43(39)55-44;1-3-11-32(12-4-1)33-21-23-34(24-22-33)35-25-27-36(28-26-35)39-16-9-17-41-47-42(18-10-20-46(47)56-48(39)41)51-53-49(37-13-5-2-6-14-37)52-50(54-51)38-29-30-45-43(31-38)40-15-7-8-19-44(40)55-45/h2*1-31H. The molecule has 6 aromatic heterocycles. The third-order valence-corrected chi connectivity index (χ3v) is 21.2. The molecule has 0 N–H and O–H groups in total. The quantitative estimate of drug-likeness (QED) is 0.117. The van der Waals surface area contributed by atoms with Gasteiger partial charge in [-0.3, -0.25) is 0 Å². The van der Waals surface area contributed by atoms with Crippen LogP contribution in [0.1, 0.15) is 0 Å². The van der Waals surface area contributed by atoms with E-state index in [1.165, 1.54) is 33.4 Å². The summed E-state index contributed by atoms with van der Waals surface area (Å²) in [5, 5.41) is 8.00. The number of fused-ring (bicyclic) bond motifs is 12. The molecule has 0 atom stereocenters. The molecule has 16 aromatic carbocycles. The van der Waals surface area contributed by atoms with Gasteiger partial charge in [-0.25, -0.2) is 29.9 Å². The molecule has 0 spiro atoms. The average Bonchev–Trinajstić information content (AvgIpc) is 1.58. The SMILES string of the molecule is c1ccc(-c2ccc(-c3ccc(-c4cccc5c4oc4cccc(-c6nc(-c7ccccc7)nc(-c7ccc8oc9ccccc9c8c7)n6)c45)cc3)cc2)cc1.c1ccc(-c2cccc(-c3ccc(-c4cccc5c4oc4cccc(-c6nc(-c7ccccc7)nc(-c7cccc8oc9ccccc9c78)n6)c45)cc3)c2)cc1. The Morgan fingerprint density at radius 2 is 0.420 bits per heavy atom. The maximum absolute atomic E-state index is 6.72. The van der Waals surface area contributed by atoms with Crippen LogP contribution < -0.4 is 0 Å². The lowest BCUT2D eigenvalue weighted by atomic mass is 9.96. The van der Waals surface area contributed by atoms with Crippen LogP contribution in [0.15, 0.2) is 394 Å². The molecule has 0 aliphatic heterocycles. The normalized spacial score (nSPS) is 11.6. The molecule has 0 unspecified atom stereocenters. The Hall–Kier alpha value is -15.3. The first kappa shape index (κ1) is 65.1. The number of aromatic nitrogens is 6. The van der Waals surface area contributed by atoms with Crippen molar-refractivity contribution in [2.75, 3.05) is 0 Å². The lowest BCUT2D eigenvalue weighted by Crippen LogP contribution is -2.00. The van der Waals surface area contributed by atoms with Crippen molar-refractivity contribution in [2.24, 2.45) is 0 Å². The van der Waals surface area contributed by atoms with E-state index in [0.29, 0.717) is 34.9 Å². The Kier molecular flexibility index (Phi) is 16.0. The third kappa shape index (κ3) is 11.8. The minimum absolute atomic E-state index is 0.569. The number of hydrogen-bond donors (Lipinski definition) is 0. The monoisotopic (exact) mass is 1430 g/mol. The summed E-state index contributed by atoms with van der Waals surface area (Å²) in [6, 6.07) is 129. The van der Waals surface area contributed by atoms with Crippen molar-refractivity contribution < 1.29 is 17.7 Å². The van der Waals surface area contributed by atoms with E-state index in [1.807, 2.05) is 158 Å². The Labute approximate surface area is 642 Å². The van der Waals surface area contributed by atoms with E-state index in [2.05, 4.69) is 218 Å². The van der Waals surface area contributed by atoms with E-state index in [0.717, 1.165) is 155 Å². The molecule has 112 heavy (non-hydrogen) atoms. The van der Waals surface area contributed by atoms with Gasteiger partial charge in [0, 0.05) is 87.6 Å². The predicted molar refractivity (Wildman–Crippen MR) is 454 cm³/mol. The lowest BCUT2D eigenvalue weighted by Gasteiger charge is -2.10. The minimum Gasteiger partial charge on any atom is -0.456 e. The molecule has 0 aliphatic rings. The van der Waals surface area contributed by atoms with Crippen molar-refractivity contribution in [2.45, 2.75) is 0 Å². The number of para-hydroxylation sites is 4. The van der Waals surface area contributed by atoms with Gasteiger partial charge >= 0.3 is 0 Å². The Bertz CT molecular complexity index is 7340. The van der Waals surface area contributed by atoms with Crippen LogP contribution in [0.25, 0.3) is 223 Å². The van der Waals surface area contributed by atoms with Crippen molar-refractivity contribution in [3.05, 3.63) is 376 Å². The molecule has 10 nitrogen and oxygen atoms in total. The van der Waals surface area contributed by atoms with Crippen LogP contribution in [0.2, 0.25) is 0 Å². The highest BCUT2D eigenvalue weighted by Gasteiger charge is 2.24. The van der Waals surface area contributed by atoms with Crippen molar-refractivity contribution in [1.29, 1.82) is 0 Å². The van der Waals surface area contributed by atoms with Gasteiger partial charge < -0.3 is 17.7 Å². The molecule has 22 aromatic rings. The van der Waals surface area contributed by atoms with E-state index < -0.39 is 0 Å². The molecule has 0 saturated heterocycles. The Balaban J connectivity index is 0.000000141. The van der Waals surface area contributed by atoms with Crippen LogP contribution in [0.4, 0.5) is 0 Å². The number of nitrogens with zero attached hydrogens (tertiary/aromatic N) is 6. The average molecular weight is 1440 g/mol. The molecule has 0 aliphatic carbocycles. The topological polar surface area (TPSA) is 130 Å². The summed E-state index contributed by atoms with van der Waals surface area (Å²) < 4.78 is 25.8. The first-order valence-corrected chi connectivity index (χ1v) is 37.4. The highest BCUT2D eigenvalue weighted by Crippen LogP contribution is 2.45. The zero-order valence-electron chi connectivity index (χ0n) is 60.1. The zero-order chi connectivity index (χ0) is 74.0. The minimum atomic E-state index is 0.569. The predicted octanol–water partition coefficient (Wildman–Crippen LogP) is 27.3. The van der Waals surface area contributed by atoms with Crippen LogP contribution in [-0.2, 0) is 0 Å². The molecule has 22 rings (SSSR count).